The summed E-state index contributed by atoms with van der Waals surface area (Å²) in [5.74, 6) is -1.43. The Kier molecular flexibility index (Phi) is 2.44. The third-order valence-corrected chi connectivity index (χ3v) is 4.84. The lowest BCUT2D eigenvalue weighted by atomic mass is 9.49. The Labute approximate surface area is 105 Å². The van der Waals surface area contributed by atoms with E-state index in [2.05, 4.69) is 0 Å². The van der Waals surface area contributed by atoms with Crippen LogP contribution in [0.5, 0.6) is 0 Å². The Balaban J connectivity index is 2.19. The molecule has 2 fully saturated rings. The van der Waals surface area contributed by atoms with E-state index in [4.69, 9.17) is 4.74 Å². The van der Waals surface area contributed by atoms with Crippen molar-refractivity contribution < 1.29 is 19.1 Å². The fraction of sp³-hybridized carbons (Fsp3) is 0.643. The topological polar surface area (TPSA) is 60.4 Å². The number of ether oxygens (including phenoxy) is 1. The van der Waals surface area contributed by atoms with E-state index in [9.17, 15) is 14.4 Å². The smallest absolute Gasteiger partial charge is 0.320 e. The summed E-state index contributed by atoms with van der Waals surface area (Å²) in [4.78, 5) is 37.0. The quantitative estimate of drug-likeness (QED) is 0.398. The maximum atomic E-state index is 12.6. The van der Waals surface area contributed by atoms with Crippen molar-refractivity contribution in [3.05, 3.63) is 12.2 Å². The van der Waals surface area contributed by atoms with Gasteiger partial charge in [-0.15, -0.1) is 0 Å². The summed E-state index contributed by atoms with van der Waals surface area (Å²) in [7, 11) is 1.30. The highest BCUT2D eigenvalue weighted by molar-refractivity contribution is 6.13. The van der Waals surface area contributed by atoms with Gasteiger partial charge in [0, 0.05) is 24.2 Å². The van der Waals surface area contributed by atoms with Gasteiger partial charge >= 0.3 is 5.97 Å². The van der Waals surface area contributed by atoms with Gasteiger partial charge in [0.15, 0.2) is 5.78 Å². The number of Topliss-reactive ketones (excluding diaryl/α,β-unsaturated/α-hetero) is 2. The molecule has 0 spiro atoms. The van der Waals surface area contributed by atoms with Crippen LogP contribution in [-0.4, -0.2) is 24.6 Å². The first-order chi connectivity index (χ1) is 8.62. The van der Waals surface area contributed by atoms with Crippen molar-refractivity contribution in [2.24, 2.45) is 23.2 Å². The number of esters is 1. The lowest BCUT2D eigenvalue weighted by molar-refractivity contribution is -0.178. The zero-order chi connectivity index (χ0) is 12.9. The van der Waals surface area contributed by atoms with Crippen molar-refractivity contribution in [2.45, 2.75) is 25.7 Å². The molecule has 0 saturated heterocycles. The van der Waals surface area contributed by atoms with Crippen LogP contribution in [0.4, 0.5) is 0 Å². The second kappa shape index (κ2) is 3.77. The van der Waals surface area contributed by atoms with E-state index in [1.165, 1.54) is 7.11 Å². The van der Waals surface area contributed by atoms with E-state index < -0.39 is 17.3 Å². The van der Waals surface area contributed by atoms with Crippen molar-refractivity contribution in [2.75, 3.05) is 7.11 Å². The SMILES string of the molecule is COC(=O)[C@@]12C(=O)[C@H]3CC[C@@H]1C=CC[C@@H]2C(=O)C3. The first-order valence-corrected chi connectivity index (χ1v) is 6.44. The lowest BCUT2D eigenvalue weighted by Crippen LogP contribution is -2.62. The molecule has 0 N–H and O–H groups in total. The maximum Gasteiger partial charge on any atom is 0.320 e. The molecule has 2 saturated carbocycles. The number of methoxy groups -OCH3 is 1. The van der Waals surface area contributed by atoms with Gasteiger partial charge in [-0.05, 0) is 19.3 Å². The van der Waals surface area contributed by atoms with Gasteiger partial charge in [0.25, 0.3) is 0 Å². The lowest BCUT2D eigenvalue weighted by Gasteiger charge is -2.51. The summed E-state index contributed by atoms with van der Waals surface area (Å²) in [6.07, 6.45) is 6.18. The highest BCUT2D eigenvalue weighted by atomic mass is 16.5. The largest absolute Gasteiger partial charge is 0.468 e. The highest BCUT2D eigenvalue weighted by Gasteiger charge is 2.66. The summed E-state index contributed by atoms with van der Waals surface area (Å²) < 4.78 is 4.88. The van der Waals surface area contributed by atoms with E-state index >= 15 is 0 Å². The number of rotatable bonds is 1. The van der Waals surface area contributed by atoms with Crippen molar-refractivity contribution in [1.29, 1.82) is 0 Å². The van der Waals surface area contributed by atoms with Crippen molar-refractivity contribution in [1.82, 2.24) is 0 Å². The van der Waals surface area contributed by atoms with Crippen LogP contribution in [0.3, 0.4) is 0 Å². The van der Waals surface area contributed by atoms with E-state index in [1.54, 1.807) is 0 Å². The Morgan fingerprint density at radius 3 is 2.89 bits per heavy atom. The van der Waals surface area contributed by atoms with Crippen LogP contribution in [0, 0.1) is 23.2 Å². The normalized spacial score (nSPS) is 41.7. The van der Waals surface area contributed by atoms with Crippen LogP contribution in [0.2, 0.25) is 0 Å². The van der Waals surface area contributed by atoms with Crippen molar-refractivity contribution in [3.63, 3.8) is 0 Å². The predicted molar refractivity (Wildman–Crippen MR) is 62.5 cm³/mol. The van der Waals surface area contributed by atoms with E-state index in [-0.39, 0.29) is 23.4 Å². The van der Waals surface area contributed by atoms with Crippen LogP contribution >= 0.6 is 0 Å². The molecule has 0 heterocycles. The average molecular weight is 248 g/mol. The molecule has 0 radical (unpaired) electrons. The predicted octanol–water partition coefficient (Wildman–Crippen LogP) is 1.29. The number of carbonyl (C=O) groups is 3. The molecule has 18 heavy (non-hydrogen) atoms. The van der Waals surface area contributed by atoms with E-state index in [0.29, 0.717) is 19.3 Å². The minimum atomic E-state index is -1.21. The molecule has 0 aromatic rings. The Morgan fingerprint density at radius 1 is 1.39 bits per heavy atom. The molecule has 0 aliphatic heterocycles. The number of carbonyl (C=O) groups excluding carboxylic acids is 3. The van der Waals surface area contributed by atoms with Gasteiger partial charge in [-0.3, -0.25) is 14.4 Å². The molecule has 2 bridgehead atoms. The Morgan fingerprint density at radius 2 is 2.17 bits per heavy atom. The van der Waals surface area contributed by atoms with Gasteiger partial charge in [0.2, 0.25) is 0 Å². The molecule has 4 atom stereocenters. The van der Waals surface area contributed by atoms with Crippen LogP contribution in [-0.2, 0) is 19.1 Å². The van der Waals surface area contributed by atoms with E-state index in [1.807, 2.05) is 12.2 Å². The van der Waals surface area contributed by atoms with Gasteiger partial charge in [-0.1, -0.05) is 12.2 Å². The van der Waals surface area contributed by atoms with Crippen molar-refractivity contribution in [3.8, 4) is 0 Å². The van der Waals surface area contributed by atoms with Gasteiger partial charge in [-0.25, -0.2) is 0 Å². The molecule has 4 heteroatoms. The zero-order valence-electron chi connectivity index (χ0n) is 10.3. The molecule has 96 valence electrons. The molecule has 3 rings (SSSR count). The number of ketones is 2. The van der Waals surface area contributed by atoms with Gasteiger partial charge in [-0.2, -0.15) is 0 Å². The van der Waals surface area contributed by atoms with Gasteiger partial charge in [0.05, 0.1) is 7.11 Å². The summed E-state index contributed by atoms with van der Waals surface area (Å²) in [6, 6.07) is 0. The number of fused-ring (bicyclic) bond motifs is 1. The fourth-order valence-corrected chi connectivity index (χ4v) is 4.03. The number of hydrogen-bond donors (Lipinski definition) is 0. The zero-order valence-corrected chi connectivity index (χ0v) is 10.3. The molecule has 3 aliphatic rings. The third-order valence-electron chi connectivity index (χ3n) is 4.84. The number of allylic oxidation sites excluding steroid dienone is 2. The van der Waals surface area contributed by atoms with E-state index in [0.717, 1.165) is 6.42 Å². The van der Waals surface area contributed by atoms with Crippen molar-refractivity contribution >= 4 is 17.5 Å². The molecular formula is C14H16O4. The van der Waals surface area contributed by atoms with Crippen LogP contribution < -0.4 is 0 Å². The van der Waals surface area contributed by atoms with Crippen LogP contribution in [0.25, 0.3) is 0 Å². The molecular weight excluding hydrogens is 232 g/mol. The highest BCUT2D eigenvalue weighted by Crippen LogP contribution is 2.55. The summed E-state index contributed by atoms with van der Waals surface area (Å²) in [5, 5.41) is 0. The van der Waals surface area contributed by atoms with Crippen LogP contribution in [0.15, 0.2) is 12.2 Å². The molecule has 0 unspecified atom stereocenters. The molecule has 3 aliphatic carbocycles. The number of hydrogen-bond acceptors (Lipinski definition) is 4. The monoisotopic (exact) mass is 248 g/mol. The Hall–Kier alpha value is -1.45. The van der Waals surface area contributed by atoms with Gasteiger partial charge in [0.1, 0.15) is 11.2 Å². The Bertz CT molecular complexity index is 464. The van der Waals surface area contributed by atoms with Gasteiger partial charge < -0.3 is 4.74 Å². The first-order valence-electron chi connectivity index (χ1n) is 6.44. The summed E-state index contributed by atoms with van der Waals surface area (Å²) >= 11 is 0. The molecule has 0 aromatic heterocycles. The average Bonchev–Trinajstić information content (AvgIpc) is 2.39. The molecule has 0 amide bonds. The minimum Gasteiger partial charge on any atom is -0.468 e. The third kappa shape index (κ3) is 1.18. The first kappa shape index (κ1) is 11.6. The second-order valence-electron chi connectivity index (χ2n) is 5.49. The fourth-order valence-electron chi connectivity index (χ4n) is 4.03. The van der Waals surface area contributed by atoms with Crippen LogP contribution in [0.1, 0.15) is 25.7 Å². The molecule has 4 nitrogen and oxygen atoms in total. The standard InChI is InChI=1S/C14H16O4/c1-18-13(17)14-9-3-2-4-10(14)11(15)7-8(5-6-9)12(14)16/h2-3,8-10H,4-7H2,1H3/t8-,9-,10+,14-/m0/s1. The maximum absolute atomic E-state index is 12.6. The summed E-state index contributed by atoms with van der Waals surface area (Å²) in [6.45, 7) is 0. The summed E-state index contributed by atoms with van der Waals surface area (Å²) in [5.41, 5.74) is -1.21. The minimum absolute atomic E-state index is 0.0547. The molecule has 0 aromatic carbocycles. The second-order valence-corrected chi connectivity index (χ2v) is 5.49.